The standard InChI is InChI=1S/C15H19F3O6S/c1-14(2,3)24-11-6-4-10(5-7-11)13(19)23-9-8-12(16)15(17,18)25(20,21)22/h4-7,12H,8-9H2,1-3H3,(H,20,21,22)/p-1. The molecule has 1 unspecified atom stereocenters. The third-order valence-electron chi connectivity index (χ3n) is 2.82. The van der Waals surface area contributed by atoms with E-state index in [9.17, 15) is 30.9 Å². The van der Waals surface area contributed by atoms with E-state index in [1.54, 1.807) is 0 Å². The maximum atomic E-state index is 13.2. The number of esters is 1. The lowest BCUT2D eigenvalue weighted by molar-refractivity contribution is -0.0169. The molecule has 0 spiro atoms. The van der Waals surface area contributed by atoms with E-state index in [1.807, 2.05) is 20.8 Å². The molecule has 0 aliphatic rings. The van der Waals surface area contributed by atoms with Gasteiger partial charge in [0, 0.05) is 6.42 Å². The van der Waals surface area contributed by atoms with Crippen LogP contribution in [0.4, 0.5) is 13.2 Å². The minimum absolute atomic E-state index is 0.0693. The fourth-order valence-electron chi connectivity index (χ4n) is 1.68. The molecule has 1 rings (SSSR count). The molecule has 1 atom stereocenters. The van der Waals surface area contributed by atoms with Gasteiger partial charge in [0.25, 0.3) is 0 Å². The largest absolute Gasteiger partial charge is 0.743 e. The van der Waals surface area contributed by atoms with Crippen molar-refractivity contribution >= 4 is 16.1 Å². The molecular formula is C15H18F3O6S-. The minimum atomic E-state index is -6.14. The Morgan fingerprint density at radius 2 is 1.72 bits per heavy atom. The quantitative estimate of drug-likeness (QED) is 0.531. The molecule has 0 bridgehead atoms. The first kappa shape index (κ1) is 21.2. The van der Waals surface area contributed by atoms with Crippen LogP contribution >= 0.6 is 0 Å². The van der Waals surface area contributed by atoms with E-state index in [2.05, 4.69) is 4.74 Å². The van der Waals surface area contributed by atoms with Gasteiger partial charge >= 0.3 is 11.2 Å². The van der Waals surface area contributed by atoms with Gasteiger partial charge in [-0.05, 0) is 45.0 Å². The van der Waals surface area contributed by atoms with Crippen molar-refractivity contribution in [3.63, 3.8) is 0 Å². The van der Waals surface area contributed by atoms with Crippen molar-refractivity contribution in [3.05, 3.63) is 29.8 Å². The maximum absolute atomic E-state index is 13.2. The molecule has 142 valence electrons. The van der Waals surface area contributed by atoms with Gasteiger partial charge < -0.3 is 14.0 Å². The van der Waals surface area contributed by atoms with E-state index in [0.717, 1.165) is 0 Å². The molecule has 6 nitrogen and oxygen atoms in total. The predicted octanol–water partition coefficient (Wildman–Crippen LogP) is 2.89. The average molecular weight is 383 g/mol. The number of hydrogen-bond acceptors (Lipinski definition) is 6. The molecule has 0 saturated heterocycles. The number of rotatable bonds is 7. The van der Waals surface area contributed by atoms with Crippen LogP contribution in [0.3, 0.4) is 0 Å². The Kier molecular flexibility index (Phi) is 6.46. The van der Waals surface area contributed by atoms with E-state index < -0.39 is 46.1 Å². The molecule has 1 aromatic rings. The highest BCUT2D eigenvalue weighted by molar-refractivity contribution is 7.86. The summed E-state index contributed by atoms with van der Waals surface area (Å²) in [7, 11) is -6.14. The summed E-state index contributed by atoms with van der Waals surface area (Å²) in [5, 5.41) is -5.08. The van der Waals surface area contributed by atoms with E-state index in [-0.39, 0.29) is 5.56 Å². The van der Waals surface area contributed by atoms with Gasteiger partial charge in [0.15, 0.2) is 16.3 Å². The second-order valence-electron chi connectivity index (χ2n) is 6.15. The van der Waals surface area contributed by atoms with Crippen LogP contribution in [-0.4, -0.2) is 42.6 Å². The topological polar surface area (TPSA) is 92.7 Å². The Morgan fingerprint density at radius 3 is 2.16 bits per heavy atom. The molecule has 0 saturated carbocycles. The number of carbonyl (C=O) groups excluding carboxylic acids is 1. The fraction of sp³-hybridized carbons (Fsp3) is 0.533. The van der Waals surface area contributed by atoms with Crippen LogP contribution in [0.15, 0.2) is 24.3 Å². The van der Waals surface area contributed by atoms with Crippen LogP contribution in [0, 0.1) is 0 Å². The van der Waals surface area contributed by atoms with Crippen molar-refractivity contribution in [2.45, 2.75) is 44.2 Å². The molecular weight excluding hydrogens is 365 g/mol. The third-order valence-corrected chi connectivity index (χ3v) is 3.74. The van der Waals surface area contributed by atoms with Gasteiger partial charge in [-0.25, -0.2) is 17.6 Å². The zero-order valence-corrected chi connectivity index (χ0v) is 14.6. The smallest absolute Gasteiger partial charge is 0.364 e. The highest BCUT2D eigenvalue weighted by Gasteiger charge is 2.47. The Bertz CT molecular complexity index is 695. The molecule has 0 N–H and O–H groups in total. The Balaban J connectivity index is 2.58. The van der Waals surface area contributed by atoms with Crippen molar-refractivity contribution < 1.29 is 40.4 Å². The van der Waals surface area contributed by atoms with E-state index in [0.29, 0.717) is 5.75 Å². The molecule has 0 aromatic heterocycles. The van der Waals surface area contributed by atoms with Crippen molar-refractivity contribution in [2.24, 2.45) is 0 Å². The maximum Gasteiger partial charge on any atom is 0.364 e. The second-order valence-corrected chi connectivity index (χ2v) is 7.60. The molecule has 0 amide bonds. The third kappa shape index (κ3) is 6.20. The van der Waals surface area contributed by atoms with Crippen molar-refractivity contribution in [3.8, 4) is 5.75 Å². The van der Waals surface area contributed by atoms with E-state index >= 15 is 0 Å². The lowest BCUT2D eigenvalue weighted by atomic mass is 10.1. The molecule has 25 heavy (non-hydrogen) atoms. The fourth-order valence-corrected chi connectivity index (χ4v) is 2.11. The Labute approximate surface area is 143 Å². The Hall–Kier alpha value is -1.81. The van der Waals surface area contributed by atoms with Gasteiger partial charge in [0.05, 0.1) is 12.2 Å². The summed E-state index contributed by atoms with van der Waals surface area (Å²) in [6, 6.07) is 5.73. The molecule has 10 heteroatoms. The van der Waals surface area contributed by atoms with Crippen LogP contribution in [0.1, 0.15) is 37.6 Å². The highest BCUT2D eigenvalue weighted by Crippen LogP contribution is 2.29. The summed E-state index contributed by atoms with van der Waals surface area (Å²) in [5.74, 6) is -0.420. The van der Waals surface area contributed by atoms with Crippen molar-refractivity contribution in [2.75, 3.05) is 6.61 Å². The number of ether oxygens (including phenoxy) is 2. The molecule has 0 aliphatic heterocycles. The van der Waals surface area contributed by atoms with Gasteiger partial charge in [-0.2, -0.15) is 8.78 Å². The number of carbonyl (C=O) groups is 1. The lowest BCUT2D eigenvalue weighted by Crippen LogP contribution is -2.39. The second kappa shape index (κ2) is 7.61. The van der Waals surface area contributed by atoms with Gasteiger partial charge in [-0.3, -0.25) is 0 Å². The predicted molar refractivity (Wildman–Crippen MR) is 81.3 cm³/mol. The summed E-state index contributed by atoms with van der Waals surface area (Å²) in [6.07, 6.45) is -4.41. The van der Waals surface area contributed by atoms with Crippen LogP contribution < -0.4 is 4.74 Å². The van der Waals surface area contributed by atoms with Crippen LogP contribution in [0.5, 0.6) is 5.75 Å². The van der Waals surface area contributed by atoms with E-state index in [4.69, 9.17) is 4.74 Å². The monoisotopic (exact) mass is 383 g/mol. The minimum Gasteiger partial charge on any atom is -0.743 e. The van der Waals surface area contributed by atoms with Gasteiger partial charge in [0.1, 0.15) is 11.4 Å². The number of benzene rings is 1. The zero-order valence-electron chi connectivity index (χ0n) is 13.8. The first-order valence-electron chi connectivity index (χ1n) is 7.17. The first-order chi connectivity index (χ1) is 11.2. The lowest BCUT2D eigenvalue weighted by Gasteiger charge is -2.23. The van der Waals surface area contributed by atoms with Crippen molar-refractivity contribution in [1.29, 1.82) is 0 Å². The highest BCUT2D eigenvalue weighted by atomic mass is 32.2. The molecule has 0 aliphatic carbocycles. The summed E-state index contributed by atoms with van der Waals surface area (Å²) in [5.41, 5.74) is -0.370. The van der Waals surface area contributed by atoms with Crippen LogP contribution in [0.25, 0.3) is 0 Å². The molecule has 0 fully saturated rings. The number of hydrogen-bond donors (Lipinski definition) is 0. The van der Waals surface area contributed by atoms with Gasteiger partial charge in [0.2, 0.25) is 0 Å². The Morgan fingerprint density at radius 1 is 1.20 bits per heavy atom. The first-order valence-corrected chi connectivity index (χ1v) is 8.58. The van der Waals surface area contributed by atoms with Crippen LogP contribution in [-0.2, 0) is 14.9 Å². The average Bonchev–Trinajstić information content (AvgIpc) is 2.44. The van der Waals surface area contributed by atoms with Crippen LogP contribution in [0.2, 0.25) is 0 Å². The number of alkyl halides is 3. The molecule has 0 heterocycles. The van der Waals surface area contributed by atoms with Gasteiger partial charge in [-0.1, -0.05) is 0 Å². The normalized spacial score (nSPS) is 14.0. The van der Waals surface area contributed by atoms with Gasteiger partial charge in [-0.15, -0.1) is 0 Å². The summed E-state index contributed by atoms with van der Waals surface area (Å²) >= 11 is 0. The summed E-state index contributed by atoms with van der Waals surface area (Å²) in [6.45, 7) is 4.69. The summed E-state index contributed by atoms with van der Waals surface area (Å²) in [4.78, 5) is 11.7. The SMILES string of the molecule is CC(C)(C)Oc1ccc(C(=O)OCCC(F)C(F)(F)S(=O)(=O)[O-])cc1. The summed E-state index contributed by atoms with van der Waals surface area (Å²) < 4.78 is 80.0. The number of halogens is 3. The van der Waals surface area contributed by atoms with Crippen molar-refractivity contribution in [1.82, 2.24) is 0 Å². The van der Waals surface area contributed by atoms with E-state index in [1.165, 1.54) is 24.3 Å². The zero-order chi connectivity index (χ0) is 19.5. The molecule has 1 aromatic carbocycles. The molecule has 0 radical (unpaired) electrons.